The Morgan fingerprint density at radius 3 is 2.53 bits per heavy atom. The van der Waals surface area contributed by atoms with Crippen molar-refractivity contribution in [1.29, 1.82) is 0 Å². The molecule has 0 unspecified atom stereocenters. The summed E-state index contributed by atoms with van der Waals surface area (Å²) >= 11 is 0. The number of halogens is 1. The van der Waals surface area contributed by atoms with Gasteiger partial charge >= 0.3 is 0 Å². The SMILES string of the molecule is CN=C(NCc1ccc(OC(C)C)nc1)NCC1(N2CCOCC2)CCCCC1.I. The first-order valence-electron chi connectivity index (χ1n) is 11.0. The van der Waals surface area contributed by atoms with Gasteiger partial charge in [0.05, 0.1) is 19.3 Å². The molecule has 0 amide bonds. The third-order valence-electron chi connectivity index (χ3n) is 5.89. The van der Waals surface area contributed by atoms with E-state index in [1.165, 1.54) is 32.1 Å². The van der Waals surface area contributed by atoms with Gasteiger partial charge in [-0.15, -0.1) is 24.0 Å². The number of hydrogen-bond donors (Lipinski definition) is 2. The van der Waals surface area contributed by atoms with Gasteiger partial charge in [-0.05, 0) is 32.3 Å². The fourth-order valence-corrected chi connectivity index (χ4v) is 4.33. The summed E-state index contributed by atoms with van der Waals surface area (Å²) in [5, 5.41) is 7.02. The van der Waals surface area contributed by atoms with Crippen LogP contribution in [-0.4, -0.2) is 67.4 Å². The second-order valence-electron chi connectivity index (χ2n) is 8.34. The summed E-state index contributed by atoms with van der Waals surface area (Å²) in [6.07, 6.45) is 8.45. The Balaban J connectivity index is 0.00000320. The molecule has 0 atom stereocenters. The van der Waals surface area contributed by atoms with E-state index in [1.807, 2.05) is 39.2 Å². The molecular formula is C22H38IN5O2. The molecule has 30 heavy (non-hydrogen) atoms. The van der Waals surface area contributed by atoms with Crippen molar-refractivity contribution in [3.05, 3.63) is 23.9 Å². The lowest BCUT2D eigenvalue weighted by molar-refractivity contribution is -0.0352. The molecule has 2 fully saturated rings. The number of guanidine groups is 1. The van der Waals surface area contributed by atoms with Gasteiger partial charge in [0.15, 0.2) is 5.96 Å². The van der Waals surface area contributed by atoms with Crippen LogP contribution in [0.5, 0.6) is 5.88 Å². The number of aliphatic imine (C=N–C) groups is 1. The molecule has 2 heterocycles. The third kappa shape index (κ3) is 7.23. The molecule has 0 bridgehead atoms. The van der Waals surface area contributed by atoms with Crippen molar-refractivity contribution in [1.82, 2.24) is 20.5 Å². The number of hydrogen-bond acceptors (Lipinski definition) is 5. The zero-order valence-electron chi connectivity index (χ0n) is 18.7. The standard InChI is InChI=1S/C22H37N5O2.HI/c1-18(2)29-20-8-7-19(15-24-20)16-25-21(23-3)26-17-22(9-5-4-6-10-22)27-11-13-28-14-12-27;/h7-8,15,18H,4-6,9-14,16-17H2,1-3H3,(H2,23,25,26);1H. The highest BCUT2D eigenvalue weighted by molar-refractivity contribution is 14.0. The molecule has 0 spiro atoms. The number of aromatic nitrogens is 1. The first kappa shape index (κ1) is 25.1. The molecule has 1 saturated carbocycles. The fraction of sp³-hybridized carbons (Fsp3) is 0.727. The maximum atomic E-state index is 5.61. The predicted octanol–water partition coefficient (Wildman–Crippen LogP) is 3.19. The van der Waals surface area contributed by atoms with Crippen molar-refractivity contribution >= 4 is 29.9 Å². The van der Waals surface area contributed by atoms with Gasteiger partial charge in [0, 0.05) is 51.0 Å². The minimum atomic E-state index is 0. The van der Waals surface area contributed by atoms with E-state index in [0.717, 1.165) is 44.4 Å². The Labute approximate surface area is 198 Å². The highest BCUT2D eigenvalue weighted by Gasteiger charge is 2.38. The Morgan fingerprint density at radius 1 is 1.20 bits per heavy atom. The van der Waals surface area contributed by atoms with Crippen LogP contribution >= 0.6 is 24.0 Å². The lowest BCUT2D eigenvalue weighted by atomic mass is 9.80. The average molecular weight is 531 g/mol. The molecule has 170 valence electrons. The molecule has 1 aliphatic carbocycles. The summed E-state index contributed by atoms with van der Waals surface area (Å²) in [6, 6.07) is 3.96. The second-order valence-corrected chi connectivity index (χ2v) is 8.34. The third-order valence-corrected chi connectivity index (χ3v) is 5.89. The molecule has 2 N–H and O–H groups in total. The van der Waals surface area contributed by atoms with E-state index < -0.39 is 0 Å². The highest BCUT2D eigenvalue weighted by atomic mass is 127. The van der Waals surface area contributed by atoms with Gasteiger partial charge in [0.1, 0.15) is 0 Å². The smallest absolute Gasteiger partial charge is 0.213 e. The largest absolute Gasteiger partial charge is 0.475 e. The van der Waals surface area contributed by atoms with Gasteiger partial charge in [-0.25, -0.2) is 4.98 Å². The molecule has 7 nitrogen and oxygen atoms in total. The summed E-state index contributed by atoms with van der Waals surface area (Å²) in [7, 11) is 1.83. The fourth-order valence-electron chi connectivity index (χ4n) is 4.33. The van der Waals surface area contributed by atoms with Crippen molar-refractivity contribution < 1.29 is 9.47 Å². The highest BCUT2D eigenvalue weighted by Crippen LogP contribution is 2.33. The first-order valence-corrected chi connectivity index (χ1v) is 11.0. The molecule has 8 heteroatoms. The maximum absolute atomic E-state index is 5.61. The second kappa shape index (κ2) is 12.7. The summed E-state index contributed by atoms with van der Waals surface area (Å²) in [5.41, 5.74) is 1.32. The average Bonchev–Trinajstić information content (AvgIpc) is 2.76. The van der Waals surface area contributed by atoms with Crippen LogP contribution in [0, 0.1) is 0 Å². The van der Waals surface area contributed by atoms with Gasteiger partial charge in [-0.1, -0.05) is 25.3 Å². The zero-order valence-corrected chi connectivity index (χ0v) is 21.0. The van der Waals surface area contributed by atoms with E-state index in [4.69, 9.17) is 9.47 Å². The quantitative estimate of drug-likeness (QED) is 0.320. The van der Waals surface area contributed by atoms with Gasteiger partial charge in [0.25, 0.3) is 0 Å². The van der Waals surface area contributed by atoms with E-state index in [2.05, 4.69) is 25.5 Å². The van der Waals surface area contributed by atoms with Crippen molar-refractivity contribution in [3.8, 4) is 5.88 Å². The van der Waals surface area contributed by atoms with Crippen LogP contribution in [0.1, 0.15) is 51.5 Å². The van der Waals surface area contributed by atoms with E-state index in [1.54, 1.807) is 0 Å². The zero-order chi connectivity index (χ0) is 20.5. The topological polar surface area (TPSA) is 71.0 Å². The Kier molecular flexibility index (Phi) is 10.6. The van der Waals surface area contributed by atoms with Crippen LogP contribution in [0.15, 0.2) is 23.3 Å². The molecule has 3 rings (SSSR count). The molecule has 0 radical (unpaired) electrons. The van der Waals surface area contributed by atoms with Gasteiger partial charge in [-0.3, -0.25) is 9.89 Å². The number of morpholine rings is 1. The summed E-state index contributed by atoms with van der Waals surface area (Å²) in [6.45, 7) is 9.36. The van der Waals surface area contributed by atoms with Crippen molar-refractivity contribution in [2.45, 2.75) is 64.1 Å². The van der Waals surface area contributed by atoms with E-state index in [0.29, 0.717) is 12.4 Å². The first-order chi connectivity index (χ1) is 14.1. The van der Waals surface area contributed by atoms with Crippen molar-refractivity contribution in [2.24, 2.45) is 4.99 Å². The summed E-state index contributed by atoms with van der Waals surface area (Å²) in [4.78, 5) is 11.4. The number of pyridine rings is 1. The summed E-state index contributed by atoms with van der Waals surface area (Å²) < 4.78 is 11.2. The number of ether oxygens (including phenoxy) is 2. The lowest BCUT2D eigenvalue weighted by Crippen LogP contribution is -2.60. The Hall–Kier alpha value is -1.13. The molecule has 2 aliphatic rings. The number of nitrogens with one attached hydrogen (secondary N) is 2. The van der Waals surface area contributed by atoms with Crippen LogP contribution in [0.2, 0.25) is 0 Å². The maximum Gasteiger partial charge on any atom is 0.213 e. The van der Waals surface area contributed by atoms with Gasteiger partial charge in [-0.2, -0.15) is 0 Å². The van der Waals surface area contributed by atoms with Gasteiger partial charge < -0.3 is 20.1 Å². The lowest BCUT2D eigenvalue weighted by Gasteiger charge is -2.48. The van der Waals surface area contributed by atoms with Gasteiger partial charge in [0.2, 0.25) is 5.88 Å². The van der Waals surface area contributed by atoms with Crippen LogP contribution in [0.25, 0.3) is 0 Å². The van der Waals surface area contributed by atoms with Crippen molar-refractivity contribution in [2.75, 3.05) is 39.9 Å². The molecule has 1 aromatic rings. The molecular weight excluding hydrogens is 493 g/mol. The minimum absolute atomic E-state index is 0. The van der Waals surface area contributed by atoms with E-state index >= 15 is 0 Å². The summed E-state index contributed by atoms with van der Waals surface area (Å²) in [5.74, 6) is 1.50. The molecule has 1 aliphatic heterocycles. The Morgan fingerprint density at radius 2 is 1.93 bits per heavy atom. The molecule has 1 aromatic heterocycles. The monoisotopic (exact) mass is 531 g/mol. The van der Waals surface area contributed by atoms with Crippen LogP contribution in [0.4, 0.5) is 0 Å². The van der Waals surface area contributed by atoms with E-state index in [-0.39, 0.29) is 35.6 Å². The minimum Gasteiger partial charge on any atom is -0.475 e. The predicted molar refractivity (Wildman–Crippen MR) is 132 cm³/mol. The van der Waals surface area contributed by atoms with Crippen LogP contribution in [0.3, 0.4) is 0 Å². The van der Waals surface area contributed by atoms with Crippen LogP contribution in [-0.2, 0) is 11.3 Å². The Bertz CT molecular complexity index is 641. The normalized spacial score (nSPS) is 19.8. The molecule has 1 saturated heterocycles. The van der Waals surface area contributed by atoms with E-state index in [9.17, 15) is 0 Å². The number of rotatable bonds is 7. The van der Waals surface area contributed by atoms with Crippen LogP contribution < -0.4 is 15.4 Å². The molecule has 0 aromatic carbocycles. The van der Waals surface area contributed by atoms with Crippen molar-refractivity contribution in [3.63, 3.8) is 0 Å². The number of nitrogens with zero attached hydrogens (tertiary/aromatic N) is 3.